The van der Waals surface area contributed by atoms with Gasteiger partial charge < -0.3 is 0 Å². The molecular weight excluding hydrogens is 300 g/mol. The molecule has 2 nitrogen and oxygen atoms in total. The molecule has 7 rings (SSSR count). The van der Waals surface area contributed by atoms with Crippen LogP contribution >= 0.6 is 11.8 Å². The van der Waals surface area contributed by atoms with Crippen LogP contribution in [0, 0.1) is 35.5 Å². The number of benzene rings is 1. The predicted molar refractivity (Wildman–Crippen MR) is 92.5 cm³/mol. The zero-order valence-corrected chi connectivity index (χ0v) is 14.0. The van der Waals surface area contributed by atoms with Gasteiger partial charge in [0.25, 0.3) is 0 Å². The molecule has 9 atom stereocenters. The Balaban J connectivity index is 1.31. The van der Waals surface area contributed by atoms with Gasteiger partial charge >= 0.3 is 0 Å². The van der Waals surface area contributed by atoms with Gasteiger partial charge in [0, 0.05) is 16.1 Å². The molecule has 0 unspecified atom stereocenters. The van der Waals surface area contributed by atoms with E-state index in [0.717, 1.165) is 40.8 Å². The average Bonchev–Trinajstić information content (AvgIpc) is 3.31. The van der Waals surface area contributed by atoms with E-state index in [4.69, 9.17) is 10.2 Å². The van der Waals surface area contributed by atoms with Gasteiger partial charge in [-0.15, -0.1) is 11.8 Å². The van der Waals surface area contributed by atoms with Gasteiger partial charge in [0.05, 0.1) is 12.1 Å². The Hall–Kier alpha value is -1.09. The lowest BCUT2D eigenvalue weighted by Crippen LogP contribution is -2.55. The number of azo groups is 1. The van der Waals surface area contributed by atoms with Crippen molar-refractivity contribution in [2.24, 2.45) is 45.7 Å². The average molecular weight is 322 g/mol. The van der Waals surface area contributed by atoms with E-state index in [2.05, 4.69) is 54.2 Å². The lowest BCUT2D eigenvalue weighted by molar-refractivity contribution is 0.0202. The van der Waals surface area contributed by atoms with E-state index in [9.17, 15) is 0 Å². The first-order valence-corrected chi connectivity index (χ1v) is 10.1. The third kappa shape index (κ3) is 1.72. The molecule has 0 aromatic heterocycles. The Bertz CT molecular complexity index is 684. The molecule has 0 saturated heterocycles. The van der Waals surface area contributed by atoms with Gasteiger partial charge in [-0.05, 0) is 61.0 Å². The van der Waals surface area contributed by atoms with Gasteiger partial charge in [-0.1, -0.05) is 30.4 Å². The summed E-state index contributed by atoms with van der Waals surface area (Å²) in [5, 5.41) is 10.4. The van der Waals surface area contributed by atoms with Crippen molar-refractivity contribution in [1.82, 2.24) is 0 Å². The molecule has 6 aliphatic rings. The molecule has 2 aliphatic heterocycles. The molecular formula is C20H22N2S. The minimum absolute atomic E-state index is 0.520. The van der Waals surface area contributed by atoms with E-state index >= 15 is 0 Å². The molecule has 0 N–H and O–H groups in total. The van der Waals surface area contributed by atoms with Gasteiger partial charge in [-0.25, -0.2) is 0 Å². The fourth-order valence-corrected chi connectivity index (χ4v) is 8.10. The van der Waals surface area contributed by atoms with Crippen molar-refractivity contribution in [3.05, 3.63) is 42.5 Å². The van der Waals surface area contributed by atoms with E-state index < -0.39 is 0 Å². The number of nitrogens with zero attached hydrogens (tertiary/aromatic N) is 2. The highest BCUT2D eigenvalue weighted by molar-refractivity contribution is 8.00. The van der Waals surface area contributed by atoms with Crippen molar-refractivity contribution >= 4 is 11.8 Å². The van der Waals surface area contributed by atoms with Gasteiger partial charge in [0.15, 0.2) is 0 Å². The third-order valence-corrected chi connectivity index (χ3v) is 8.71. The van der Waals surface area contributed by atoms with E-state index in [-0.39, 0.29) is 0 Å². The van der Waals surface area contributed by atoms with Crippen molar-refractivity contribution in [2.75, 3.05) is 0 Å². The van der Waals surface area contributed by atoms with Crippen molar-refractivity contribution in [1.29, 1.82) is 0 Å². The fraction of sp³-hybridized carbons (Fsp3) is 0.600. The molecule has 0 radical (unpaired) electrons. The molecule has 3 saturated carbocycles. The summed E-state index contributed by atoms with van der Waals surface area (Å²) in [4.78, 5) is 1.45. The summed E-state index contributed by atoms with van der Waals surface area (Å²) < 4.78 is 0. The largest absolute Gasteiger partial charge is 0.190 e. The number of hydrogen-bond donors (Lipinski definition) is 0. The van der Waals surface area contributed by atoms with Gasteiger partial charge in [-0.2, -0.15) is 10.2 Å². The van der Waals surface area contributed by atoms with Crippen LogP contribution in [-0.4, -0.2) is 17.3 Å². The summed E-state index contributed by atoms with van der Waals surface area (Å²) in [5.41, 5.74) is 0. The minimum Gasteiger partial charge on any atom is -0.190 e. The van der Waals surface area contributed by atoms with E-state index in [1.165, 1.54) is 24.2 Å². The Morgan fingerprint density at radius 1 is 0.913 bits per heavy atom. The van der Waals surface area contributed by atoms with Crippen LogP contribution in [0.2, 0.25) is 0 Å². The van der Waals surface area contributed by atoms with Crippen LogP contribution in [0.15, 0.2) is 57.6 Å². The standard InChI is InChI=1S/C20H22N2S/c1-2-5-12(6-3-1)23-16-10-11-9-15(16)18-17(11)19-13-7-4-8-14(13)20(18)22-21-19/h1-7,11,13-20H,8-10H2/t11-,13+,14-,15-,16-,17+,18+,19-,20-/m0/s1. The smallest absolute Gasteiger partial charge is 0.0808 e. The van der Waals surface area contributed by atoms with Crippen LogP contribution in [0.3, 0.4) is 0 Å². The number of rotatable bonds is 2. The third-order valence-electron chi connectivity index (χ3n) is 7.32. The molecule has 3 fully saturated rings. The second kappa shape index (κ2) is 4.72. The Kier molecular flexibility index (Phi) is 2.71. The van der Waals surface area contributed by atoms with Crippen LogP contribution in [-0.2, 0) is 0 Å². The highest BCUT2D eigenvalue weighted by Crippen LogP contribution is 2.66. The number of allylic oxidation sites excluding steroid dienone is 1. The number of thioether (sulfide) groups is 1. The van der Waals surface area contributed by atoms with Gasteiger partial charge in [0.2, 0.25) is 0 Å². The summed E-state index contributed by atoms with van der Waals surface area (Å²) in [6, 6.07) is 12.1. The summed E-state index contributed by atoms with van der Waals surface area (Å²) in [5.74, 6) is 4.97. The van der Waals surface area contributed by atoms with E-state index in [0.29, 0.717) is 12.1 Å². The van der Waals surface area contributed by atoms with Crippen molar-refractivity contribution in [3.63, 3.8) is 0 Å². The Morgan fingerprint density at radius 2 is 1.78 bits per heavy atom. The maximum Gasteiger partial charge on any atom is 0.0808 e. The molecule has 0 spiro atoms. The van der Waals surface area contributed by atoms with Crippen LogP contribution in [0.5, 0.6) is 0 Å². The summed E-state index contributed by atoms with van der Waals surface area (Å²) in [6.07, 6.45) is 8.98. The van der Waals surface area contributed by atoms with Crippen LogP contribution < -0.4 is 0 Å². The SMILES string of the molecule is C1=C[C@@H]2[C@H](C1)[C@@H]1N=N[C@@H]2[C@@H]2[C@H]3C[C@H]([C@@H]12)[C@@H](Sc1ccccc1)C3. The van der Waals surface area contributed by atoms with E-state index in [1.807, 2.05) is 0 Å². The molecule has 118 valence electrons. The van der Waals surface area contributed by atoms with Crippen molar-refractivity contribution in [2.45, 2.75) is 41.5 Å². The summed E-state index contributed by atoms with van der Waals surface area (Å²) >= 11 is 2.13. The van der Waals surface area contributed by atoms with Crippen LogP contribution in [0.1, 0.15) is 19.3 Å². The first kappa shape index (κ1) is 13.2. The molecule has 2 heterocycles. The fourth-order valence-electron chi connectivity index (χ4n) is 6.63. The predicted octanol–water partition coefficient (Wildman–Crippen LogP) is 4.83. The highest BCUT2D eigenvalue weighted by atomic mass is 32.2. The Labute approximate surface area is 141 Å². The summed E-state index contributed by atoms with van der Waals surface area (Å²) in [6.45, 7) is 0. The zero-order valence-electron chi connectivity index (χ0n) is 13.2. The molecule has 1 aromatic rings. The second-order valence-corrected chi connectivity index (χ2v) is 9.45. The monoisotopic (exact) mass is 322 g/mol. The van der Waals surface area contributed by atoms with Crippen LogP contribution in [0.25, 0.3) is 0 Å². The minimum atomic E-state index is 0.520. The highest BCUT2D eigenvalue weighted by Gasteiger charge is 2.65. The second-order valence-electron chi connectivity index (χ2n) is 8.14. The number of hydrogen-bond acceptors (Lipinski definition) is 3. The normalized spacial score (nSPS) is 51.2. The molecule has 23 heavy (non-hydrogen) atoms. The maximum absolute atomic E-state index is 4.82. The first-order valence-electron chi connectivity index (χ1n) is 9.18. The lowest BCUT2D eigenvalue weighted by atomic mass is 9.58. The zero-order chi connectivity index (χ0) is 15.0. The van der Waals surface area contributed by atoms with Gasteiger partial charge in [0.1, 0.15) is 0 Å². The maximum atomic E-state index is 4.82. The molecule has 3 heteroatoms. The number of fused-ring (bicyclic) bond motifs is 2. The molecule has 4 aliphatic carbocycles. The summed E-state index contributed by atoms with van der Waals surface area (Å²) in [7, 11) is 0. The van der Waals surface area contributed by atoms with E-state index in [1.54, 1.807) is 0 Å². The molecule has 1 aromatic carbocycles. The topological polar surface area (TPSA) is 24.7 Å². The molecule has 4 bridgehead atoms. The molecule has 0 amide bonds. The lowest BCUT2D eigenvalue weighted by Gasteiger charge is -2.52. The van der Waals surface area contributed by atoms with Crippen LogP contribution in [0.4, 0.5) is 0 Å². The van der Waals surface area contributed by atoms with Crippen molar-refractivity contribution < 1.29 is 0 Å². The first-order chi connectivity index (χ1) is 11.4. The Morgan fingerprint density at radius 3 is 2.70 bits per heavy atom. The quantitative estimate of drug-likeness (QED) is 0.716. The van der Waals surface area contributed by atoms with Crippen molar-refractivity contribution in [3.8, 4) is 0 Å². The van der Waals surface area contributed by atoms with Gasteiger partial charge in [-0.3, -0.25) is 0 Å².